The van der Waals surface area contributed by atoms with Gasteiger partial charge in [0.15, 0.2) is 11.5 Å². The number of hydrazone groups is 1. The van der Waals surface area contributed by atoms with Crippen molar-refractivity contribution in [3.05, 3.63) is 28.8 Å². The maximum Gasteiger partial charge on any atom is 0.369 e. The number of carbonyl (C=O) groups excluding carboxylic acids is 1. The summed E-state index contributed by atoms with van der Waals surface area (Å²) in [4.78, 5) is 17.3. The number of hydrogen-bond donors (Lipinski definition) is 2. The lowest BCUT2D eigenvalue weighted by Crippen LogP contribution is -2.17. The summed E-state index contributed by atoms with van der Waals surface area (Å²) in [6, 6.07) is 5.72. The topological polar surface area (TPSA) is 116 Å². The number of aromatic nitrogens is 3. The van der Waals surface area contributed by atoms with E-state index in [-0.39, 0.29) is 12.3 Å². The van der Waals surface area contributed by atoms with Crippen molar-refractivity contribution in [1.82, 2.24) is 15.2 Å². The van der Waals surface area contributed by atoms with Crippen molar-refractivity contribution < 1.29 is 9.53 Å². The van der Waals surface area contributed by atoms with Crippen LogP contribution in [0, 0.1) is 25.2 Å². The Labute approximate surface area is 153 Å². The molecular weight excluding hydrogens is 352 g/mol. The highest BCUT2D eigenvalue weighted by Crippen LogP contribution is 2.37. The first-order valence-corrected chi connectivity index (χ1v) is 8.74. The van der Waals surface area contributed by atoms with E-state index >= 15 is 0 Å². The van der Waals surface area contributed by atoms with Crippen LogP contribution in [0.4, 0.5) is 5.82 Å². The number of nitriles is 1. The molecule has 0 spiro atoms. The Bertz CT molecular complexity index is 1030. The number of pyridine rings is 1. The van der Waals surface area contributed by atoms with Gasteiger partial charge in [0.1, 0.15) is 6.07 Å². The van der Waals surface area contributed by atoms with Crippen molar-refractivity contribution in [2.75, 3.05) is 12.0 Å². The molecular formula is C17H16N6O2S. The van der Waals surface area contributed by atoms with E-state index < -0.39 is 5.97 Å². The molecule has 0 aromatic carbocycles. The maximum atomic E-state index is 11.7. The number of aromatic amines is 1. The van der Waals surface area contributed by atoms with Gasteiger partial charge in [-0.25, -0.2) is 9.78 Å². The number of aryl methyl sites for hydroxylation is 1. The highest BCUT2D eigenvalue weighted by atomic mass is 32.1. The monoisotopic (exact) mass is 368 g/mol. The van der Waals surface area contributed by atoms with E-state index in [0.29, 0.717) is 11.5 Å². The number of rotatable bonds is 5. The van der Waals surface area contributed by atoms with Gasteiger partial charge in [0, 0.05) is 16.1 Å². The second kappa shape index (κ2) is 7.33. The van der Waals surface area contributed by atoms with Crippen LogP contribution >= 0.6 is 11.3 Å². The SMILES string of the molecule is CCOC(=O)/C(C#N)=N\Nc1[nH]nc2nc(C)c(C)c(-c3cccs3)c12. The number of thiophene rings is 1. The van der Waals surface area contributed by atoms with Crippen molar-refractivity contribution >= 4 is 39.9 Å². The minimum absolute atomic E-state index is 0.164. The molecule has 0 unspecified atom stereocenters. The van der Waals surface area contributed by atoms with Gasteiger partial charge in [-0.3, -0.25) is 10.5 Å². The van der Waals surface area contributed by atoms with Crippen LogP contribution < -0.4 is 5.43 Å². The van der Waals surface area contributed by atoms with E-state index in [1.807, 2.05) is 31.4 Å². The lowest BCUT2D eigenvalue weighted by molar-refractivity contribution is -0.134. The van der Waals surface area contributed by atoms with Gasteiger partial charge in [0.2, 0.25) is 5.71 Å². The second-order valence-electron chi connectivity index (χ2n) is 5.38. The van der Waals surface area contributed by atoms with Crippen LogP contribution in [0.3, 0.4) is 0 Å². The van der Waals surface area contributed by atoms with Crippen LogP contribution in [-0.2, 0) is 9.53 Å². The van der Waals surface area contributed by atoms with Crippen LogP contribution in [0.1, 0.15) is 18.2 Å². The quantitative estimate of drug-likeness (QED) is 0.406. The molecule has 0 atom stereocenters. The van der Waals surface area contributed by atoms with Gasteiger partial charge in [-0.05, 0) is 37.8 Å². The Balaban J connectivity index is 2.10. The summed E-state index contributed by atoms with van der Waals surface area (Å²) in [5, 5.41) is 22.7. The summed E-state index contributed by atoms with van der Waals surface area (Å²) in [5.74, 6) is -0.328. The zero-order valence-electron chi connectivity index (χ0n) is 14.5. The summed E-state index contributed by atoms with van der Waals surface area (Å²) in [7, 11) is 0. The van der Waals surface area contributed by atoms with Gasteiger partial charge >= 0.3 is 5.97 Å². The molecule has 0 aliphatic rings. The average Bonchev–Trinajstić information content (AvgIpc) is 3.27. The van der Waals surface area contributed by atoms with E-state index in [2.05, 4.69) is 25.7 Å². The molecule has 0 fully saturated rings. The number of carbonyl (C=O) groups is 1. The average molecular weight is 368 g/mol. The highest BCUT2D eigenvalue weighted by molar-refractivity contribution is 7.13. The number of H-pyrrole nitrogens is 1. The molecule has 0 saturated carbocycles. The van der Waals surface area contributed by atoms with Crippen molar-refractivity contribution in [2.45, 2.75) is 20.8 Å². The predicted octanol–water partition coefficient (Wildman–Crippen LogP) is 3.16. The fraction of sp³-hybridized carbons (Fsp3) is 0.235. The summed E-state index contributed by atoms with van der Waals surface area (Å²) >= 11 is 1.61. The first-order chi connectivity index (χ1) is 12.6. The molecule has 3 aromatic heterocycles. The normalized spacial score (nSPS) is 11.4. The van der Waals surface area contributed by atoms with E-state index in [4.69, 9.17) is 10.00 Å². The van der Waals surface area contributed by atoms with Crippen molar-refractivity contribution in [3.8, 4) is 16.5 Å². The first kappa shape index (κ1) is 17.6. The minimum atomic E-state index is -0.782. The fourth-order valence-electron chi connectivity index (χ4n) is 2.50. The van der Waals surface area contributed by atoms with Gasteiger partial charge < -0.3 is 4.74 Å². The number of esters is 1. The largest absolute Gasteiger partial charge is 0.461 e. The third kappa shape index (κ3) is 3.14. The van der Waals surface area contributed by atoms with E-state index in [0.717, 1.165) is 27.1 Å². The van der Waals surface area contributed by atoms with Crippen molar-refractivity contribution in [1.29, 1.82) is 5.26 Å². The number of hydrogen-bond acceptors (Lipinski definition) is 8. The molecule has 0 amide bonds. The molecule has 8 nitrogen and oxygen atoms in total. The molecule has 3 rings (SSSR count). The summed E-state index contributed by atoms with van der Waals surface area (Å²) in [6.45, 7) is 5.75. The molecule has 26 heavy (non-hydrogen) atoms. The van der Waals surface area contributed by atoms with Crippen LogP contribution in [0.2, 0.25) is 0 Å². The van der Waals surface area contributed by atoms with E-state index in [9.17, 15) is 4.79 Å². The van der Waals surface area contributed by atoms with Crippen LogP contribution in [0.5, 0.6) is 0 Å². The third-order valence-electron chi connectivity index (χ3n) is 3.81. The van der Waals surface area contributed by atoms with Crippen LogP contribution in [-0.4, -0.2) is 33.5 Å². The molecule has 2 N–H and O–H groups in total. The molecule has 0 aliphatic heterocycles. The molecule has 9 heteroatoms. The molecule has 0 radical (unpaired) electrons. The summed E-state index contributed by atoms with van der Waals surface area (Å²) in [6.07, 6.45) is 0. The maximum absolute atomic E-state index is 11.7. The highest BCUT2D eigenvalue weighted by Gasteiger charge is 2.19. The van der Waals surface area contributed by atoms with Gasteiger partial charge in [-0.1, -0.05) is 6.07 Å². The lowest BCUT2D eigenvalue weighted by atomic mass is 10.0. The fourth-order valence-corrected chi connectivity index (χ4v) is 3.33. The Morgan fingerprint density at radius 2 is 2.31 bits per heavy atom. The Morgan fingerprint density at radius 3 is 2.96 bits per heavy atom. The number of fused-ring (bicyclic) bond motifs is 1. The zero-order chi connectivity index (χ0) is 18.7. The Morgan fingerprint density at radius 1 is 1.50 bits per heavy atom. The molecule has 3 aromatic rings. The number of nitrogens with zero attached hydrogens (tertiary/aromatic N) is 4. The Hall–Kier alpha value is -3.25. The molecule has 0 aliphatic carbocycles. The third-order valence-corrected chi connectivity index (χ3v) is 4.70. The molecule has 0 bridgehead atoms. The van der Waals surface area contributed by atoms with E-state index in [1.165, 1.54) is 0 Å². The van der Waals surface area contributed by atoms with Crippen LogP contribution in [0.25, 0.3) is 21.5 Å². The number of anilines is 1. The minimum Gasteiger partial charge on any atom is -0.461 e. The standard InChI is InChI=1S/C17H16N6O2S/c1-4-25-17(24)11(8-18)20-22-16-14-13(12-6-5-7-26-12)9(2)10(3)19-15(14)21-23-16/h5-7H,4H2,1-3H3,(H2,19,21,22,23)/b20-11-. The lowest BCUT2D eigenvalue weighted by Gasteiger charge is -2.09. The number of ether oxygens (including phenoxy) is 1. The Kier molecular flexibility index (Phi) is 4.95. The van der Waals surface area contributed by atoms with Crippen molar-refractivity contribution in [2.24, 2.45) is 5.10 Å². The summed E-state index contributed by atoms with van der Waals surface area (Å²) < 4.78 is 4.80. The zero-order valence-corrected chi connectivity index (χ0v) is 15.3. The van der Waals surface area contributed by atoms with Gasteiger partial charge in [-0.2, -0.15) is 15.5 Å². The number of nitrogens with one attached hydrogen (secondary N) is 2. The second-order valence-corrected chi connectivity index (χ2v) is 6.32. The van der Waals surface area contributed by atoms with Crippen molar-refractivity contribution in [3.63, 3.8) is 0 Å². The predicted molar refractivity (Wildman–Crippen MR) is 100.0 cm³/mol. The van der Waals surface area contributed by atoms with Gasteiger partial charge in [0.25, 0.3) is 0 Å². The van der Waals surface area contributed by atoms with E-state index in [1.54, 1.807) is 24.3 Å². The molecule has 0 saturated heterocycles. The van der Waals surface area contributed by atoms with Crippen LogP contribution in [0.15, 0.2) is 22.6 Å². The van der Waals surface area contributed by atoms with Gasteiger partial charge in [-0.15, -0.1) is 11.3 Å². The van der Waals surface area contributed by atoms with Gasteiger partial charge in [0.05, 0.1) is 12.0 Å². The molecule has 132 valence electrons. The molecule has 3 heterocycles. The summed E-state index contributed by atoms with van der Waals surface area (Å²) in [5.41, 5.74) is 5.78. The smallest absolute Gasteiger partial charge is 0.369 e. The first-order valence-electron chi connectivity index (χ1n) is 7.86.